The Morgan fingerprint density at radius 2 is 0.841 bits per heavy atom. The van der Waals surface area contributed by atoms with E-state index in [0.29, 0.717) is 25.2 Å². The SMILES string of the molecule is CCCCC(CC)CC(=O)C1(OC)C(C)=CCC(C)=C1C.CCCCCCCCC(=O)C1(OC)C(C)=CCC(C)=C1C.COC1(C(=O)CCCCCC(C)C)C(C)=CCC(C)=C1C. The summed E-state index contributed by atoms with van der Waals surface area (Å²) in [5.74, 6) is 1.92. The van der Waals surface area contributed by atoms with E-state index in [9.17, 15) is 14.4 Å². The third-order valence-corrected chi connectivity index (χ3v) is 14.9. The molecule has 6 nitrogen and oxygen atoms in total. The van der Waals surface area contributed by atoms with Crippen molar-refractivity contribution >= 4 is 17.3 Å². The molecule has 4 unspecified atom stereocenters. The lowest BCUT2D eigenvalue weighted by Gasteiger charge is -2.38. The molecule has 0 fully saturated rings. The van der Waals surface area contributed by atoms with Gasteiger partial charge in [0.1, 0.15) is 0 Å². The van der Waals surface area contributed by atoms with Crippen LogP contribution >= 0.6 is 0 Å². The van der Waals surface area contributed by atoms with E-state index in [1.54, 1.807) is 21.3 Å². The molecule has 3 aliphatic rings. The zero-order valence-electron chi connectivity index (χ0n) is 44.0. The average Bonchev–Trinajstić information content (AvgIpc) is 3.26. The van der Waals surface area contributed by atoms with Crippen molar-refractivity contribution in [3.63, 3.8) is 0 Å². The smallest absolute Gasteiger partial charge is 0.173 e. The molecule has 63 heavy (non-hydrogen) atoms. The first-order chi connectivity index (χ1) is 29.8. The normalized spacial score (nSPS) is 23.0. The van der Waals surface area contributed by atoms with E-state index in [0.717, 1.165) is 97.1 Å². The van der Waals surface area contributed by atoms with E-state index in [-0.39, 0.29) is 17.3 Å². The van der Waals surface area contributed by atoms with Gasteiger partial charge in [0.25, 0.3) is 0 Å². The Balaban J connectivity index is 0.000000472. The second-order valence-electron chi connectivity index (χ2n) is 19.5. The van der Waals surface area contributed by atoms with Crippen molar-refractivity contribution in [2.75, 3.05) is 21.3 Å². The van der Waals surface area contributed by atoms with Crippen LogP contribution < -0.4 is 0 Å². The number of ether oxygens (including phenoxy) is 3. The predicted molar refractivity (Wildman–Crippen MR) is 268 cm³/mol. The molecule has 0 aromatic carbocycles. The molecular weight excluding hydrogens is 781 g/mol. The van der Waals surface area contributed by atoms with Gasteiger partial charge in [-0.25, -0.2) is 0 Å². The van der Waals surface area contributed by atoms with Crippen molar-refractivity contribution in [1.29, 1.82) is 0 Å². The molecule has 3 rings (SSSR count). The third kappa shape index (κ3) is 15.2. The Kier molecular flexibility index (Phi) is 26.9. The lowest BCUT2D eigenvalue weighted by atomic mass is 9.74. The molecule has 3 aliphatic carbocycles. The number of unbranched alkanes of at least 4 members (excludes halogenated alkanes) is 8. The first kappa shape index (κ1) is 58.3. The van der Waals surface area contributed by atoms with Crippen LogP contribution in [0.1, 0.15) is 225 Å². The highest BCUT2D eigenvalue weighted by molar-refractivity contribution is 5.96. The Morgan fingerprint density at radius 1 is 0.492 bits per heavy atom. The zero-order chi connectivity index (χ0) is 48.0. The van der Waals surface area contributed by atoms with Crippen molar-refractivity contribution in [2.45, 2.75) is 242 Å². The highest BCUT2D eigenvalue weighted by atomic mass is 16.5. The van der Waals surface area contributed by atoms with Gasteiger partial charge in [-0.05, 0) is 140 Å². The maximum Gasteiger partial charge on any atom is 0.173 e. The van der Waals surface area contributed by atoms with Crippen LogP contribution in [-0.4, -0.2) is 55.5 Å². The molecule has 0 aromatic rings. The molecule has 0 heterocycles. The fourth-order valence-corrected chi connectivity index (χ4v) is 9.95. The molecule has 0 radical (unpaired) electrons. The Bertz CT molecular complexity index is 1660. The number of carbonyl (C=O) groups excluding carboxylic acids is 3. The van der Waals surface area contributed by atoms with Crippen molar-refractivity contribution < 1.29 is 28.6 Å². The minimum atomic E-state index is -0.804. The monoisotopic (exact) mass is 877 g/mol. The Morgan fingerprint density at radius 3 is 1.19 bits per heavy atom. The van der Waals surface area contributed by atoms with Crippen LogP contribution in [0.5, 0.6) is 0 Å². The van der Waals surface area contributed by atoms with Crippen LogP contribution in [0.2, 0.25) is 0 Å². The Labute approximate surface area is 388 Å². The minimum Gasteiger partial charge on any atom is -0.362 e. The number of ketones is 3. The molecule has 360 valence electrons. The summed E-state index contributed by atoms with van der Waals surface area (Å²) in [6.07, 6.45) is 27.5. The quantitative estimate of drug-likeness (QED) is 0.0671. The molecule has 0 N–H and O–H groups in total. The van der Waals surface area contributed by atoms with E-state index in [4.69, 9.17) is 14.2 Å². The second kappa shape index (κ2) is 29.1. The van der Waals surface area contributed by atoms with Crippen LogP contribution in [0.4, 0.5) is 0 Å². The van der Waals surface area contributed by atoms with Gasteiger partial charge >= 0.3 is 0 Å². The van der Waals surface area contributed by atoms with E-state index in [2.05, 4.69) is 87.5 Å². The molecular formula is C57H96O6. The fraction of sp³-hybridized carbons (Fsp3) is 0.737. The van der Waals surface area contributed by atoms with Gasteiger partial charge in [-0.15, -0.1) is 0 Å². The standard InChI is InChI=1S/3C19H32O2/c1-14(2)10-8-7-9-11-18(20)19(21-6)16(4)13-12-15(3)17(19)5;1-7-9-10-17(8-2)13-18(20)19(21-6)15(4)12-11-14(3)16(19)5;1-6-7-8-9-10-11-12-18(20)19(21-5)16(3)14-13-15(2)17(19)4/h13-14H,7-12H2,1-6H3;12,17H,7-11,13H2,1-6H3;14H,6-13H2,1-5H3. The van der Waals surface area contributed by atoms with E-state index in [1.165, 1.54) is 68.1 Å². The summed E-state index contributed by atoms with van der Waals surface area (Å²) in [6.45, 7) is 29.7. The molecule has 0 saturated heterocycles. The van der Waals surface area contributed by atoms with Crippen LogP contribution in [0.25, 0.3) is 0 Å². The third-order valence-electron chi connectivity index (χ3n) is 14.9. The number of carbonyl (C=O) groups is 3. The molecule has 0 aromatic heterocycles. The first-order valence-electron chi connectivity index (χ1n) is 25.1. The van der Waals surface area contributed by atoms with Gasteiger partial charge in [0.05, 0.1) is 0 Å². The molecule has 0 aliphatic heterocycles. The number of allylic oxidation sites excluding steroid dienone is 6. The maximum atomic E-state index is 13.0. The number of methoxy groups -OCH3 is 3. The Hall–Kier alpha value is -2.67. The van der Waals surface area contributed by atoms with E-state index in [1.807, 2.05) is 27.7 Å². The van der Waals surface area contributed by atoms with E-state index >= 15 is 0 Å². The van der Waals surface area contributed by atoms with Gasteiger partial charge in [0, 0.05) is 40.6 Å². The van der Waals surface area contributed by atoms with E-state index < -0.39 is 16.8 Å². The summed E-state index contributed by atoms with van der Waals surface area (Å²) in [4.78, 5) is 38.7. The lowest BCUT2D eigenvalue weighted by Crippen LogP contribution is -2.45. The van der Waals surface area contributed by atoms with Crippen LogP contribution in [0, 0.1) is 11.8 Å². The zero-order valence-corrected chi connectivity index (χ0v) is 44.0. The van der Waals surface area contributed by atoms with Gasteiger partial charge in [-0.2, -0.15) is 0 Å². The number of Topliss-reactive ketones (excluding diaryl/α,β-unsaturated/α-hetero) is 3. The number of hydrogen-bond acceptors (Lipinski definition) is 6. The first-order valence-corrected chi connectivity index (χ1v) is 25.1. The number of hydrogen-bond donors (Lipinski definition) is 0. The van der Waals surface area contributed by atoms with Gasteiger partial charge in [-0.3, -0.25) is 14.4 Å². The van der Waals surface area contributed by atoms with Crippen LogP contribution in [0.15, 0.2) is 68.4 Å². The molecule has 6 heteroatoms. The van der Waals surface area contributed by atoms with Crippen molar-refractivity contribution in [3.05, 3.63) is 68.4 Å². The molecule has 0 bridgehead atoms. The van der Waals surface area contributed by atoms with Gasteiger partial charge < -0.3 is 14.2 Å². The minimum absolute atomic E-state index is 0.222. The summed E-state index contributed by atoms with van der Waals surface area (Å²) >= 11 is 0. The van der Waals surface area contributed by atoms with Crippen molar-refractivity contribution in [1.82, 2.24) is 0 Å². The highest BCUT2D eigenvalue weighted by Crippen LogP contribution is 2.41. The average molecular weight is 877 g/mol. The molecule has 0 saturated carbocycles. The predicted octanol–water partition coefficient (Wildman–Crippen LogP) is 15.8. The highest BCUT2D eigenvalue weighted by Gasteiger charge is 2.46. The lowest BCUT2D eigenvalue weighted by molar-refractivity contribution is -0.135. The second-order valence-corrected chi connectivity index (χ2v) is 19.5. The summed E-state index contributed by atoms with van der Waals surface area (Å²) in [7, 11) is 5.00. The topological polar surface area (TPSA) is 78.9 Å². The fourth-order valence-electron chi connectivity index (χ4n) is 9.95. The molecule has 0 amide bonds. The molecule has 0 spiro atoms. The number of rotatable bonds is 25. The summed E-state index contributed by atoms with van der Waals surface area (Å²) in [5.41, 5.74) is 7.87. The van der Waals surface area contributed by atoms with Gasteiger partial charge in [-0.1, -0.05) is 147 Å². The summed E-state index contributed by atoms with van der Waals surface area (Å²) in [6, 6.07) is 0. The summed E-state index contributed by atoms with van der Waals surface area (Å²) in [5, 5.41) is 0. The van der Waals surface area contributed by atoms with Crippen molar-refractivity contribution in [2.24, 2.45) is 11.8 Å². The van der Waals surface area contributed by atoms with Gasteiger partial charge in [0.15, 0.2) is 34.2 Å². The van der Waals surface area contributed by atoms with Crippen molar-refractivity contribution in [3.8, 4) is 0 Å². The largest absolute Gasteiger partial charge is 0.362 e. The molecule has 4 atom stereocenters. The van der Waals surface area contributed by atoms with Crippen LogP contribution in [0.3, 0.4) is 0 Å². The summed E-state index contributed by atoms with van der Waals surface area (Å²) < 4.78 is 17.3. The van der Waals surface area contributed by atoms with Crippen LogP contribution in [-0.2, 0) is 28.6 Å². The maximum absolute atomic E-state index is 13.0. The van der Waals surface area contributed by atoms with Gasteiger partial charge in [0.2, 0.25) is 0 Å².